The third kappa shape index (κ3) is 4.15. The smallest absolute Gasteiger partial charge is 0.322 e. The van der Waals surface area contributed by atoms with Crippen LogP contribution in [0, 0.1) is 0 Å². The first-order chi connectivity index (χ1) is 15.2. The van der Waals surface area contributed by atoms with Crippen LogP contribution in [-0.2, 0) is 13.0 Å². The second kappa shape index (κ2) is 8.24. The number of carbonyl (C=O) groups excluding carboxylic acids is 1. The molecular weight excluding hydrogens is 412 g/mol. The Labute approximate surface area is 184 Å². The summed E-state index contributed by atoms with van der Waals surface area (Å²) >= 11 is 6.07. The Balaban J connectivity index is 1.34. The summed E-state index contributed by atoms with van der Waals surface area (Å²) < 4.78 is 5.95. The second-order valence-corrected chi connectivity index (χ2v) is 7.74. The van der Waals surface area contributed by atoms with Crippen LogP contribution in [0.4, 0.5) is 10.5 Å². The number of urea groups is 1. The number of rotatable bonds is 3. The number of amides is 2. The molecule has 0 fully saturated rings. The maximum atomic E-state index is 13.0. The lowest BCUT2D eigenvalue weighted by Gasteiger charge is -2.28. The molecule has 0 radical (unpaired) electrons. The van der Waals surface area contributed by atoms with E-state index in [0.717, 1.165) is 16.6 Å². The number of fused-ring (bicyclic) bond motifs is 2. The minimum absolute atomic E-state index is 0.181. The lowest BCUT2D eigenvalue weighted by molar-refractivity contribution is 0.206. The maximum Gasteiger partial charge on any atom is 0.322 e. The van der Waals surface area contributed by atoms with Gasteiger partial charge in [0.15, 0.2) is 11.4 Å². The zero-order chi connectivity index (χ0) is 21.2. The molecule has 154 valence electrons. The number of halogens is 1. The number of para-hydroxylation sites is 3. The highest BCUT2D eigenvalue weighted by Crippen LogP contribution is 2.30. The van der Waals surface area contributed by atoms with Gasteiger partial charge in [0.05, 0.1) is 10.7 Å². The molecule has 2 aromatic carbocycles. The van der Waals surface area contributed by atoms with Gasteiger partial charge in [-0.3, -0.25) is 0 Å². The minimum atomic E-state index is -0.181. The Hall–Kier alpha value is -3.64. The second-order valence-electron chi connectivity index (χ2n) is 7.31. The van der Waals surface area contributed by atoms with Crippen molar-refractivity contribution in [2.24, 2.45) is 0 Å². The van der Waals surface area contributed by atoms with E-state index in [0.29, 0.717) is 47.4 Å². The standard InChI is InChI=1S/C24H19ClN4O2/c25-18-13-16-12-17-15-29(11-10-20(17)27-23(16)26-14-18)24(30)28-21-8-4-5-9-22(21)31-19-6-2-1-3-7-19/h1-9,12-14H,10-11,15H2,(H,28,30). The van der Waals surface area contributed by atoms with Crippen molar-refractivity contribution in [3.05, 3.63) is 89.2 Å². The lowest BCUT2D eigenvalue weighted by atomic mass is 10.0. The van der Waals surface area contributed by atoms with Crippen LogP contribution in [0.1, 0.15) is 11.3 Å². The molecule has 0 atom stereocenters. The molecule has 2 amide bonds. The topological polar surface area (TPSA) is 67.3 Å². The highest BCUT2D eigenvalue weighted by atomic mass is 35.5. The summed E-state index contributed by atoms with van der Waals surface area (Å²) in [5, 5.41) is 4.42. The molecular formula is C24H19ClN4O2. The van der Waals surface area contributed by atoms with Crippen molar-refractivity contribution in [1.82, 2.24) is 14.9 Å². The van der Waals surface area contributed by atoms with Crippen LogP contribution in [0.5, 0.6) is 11.5 Å². The van der Waals surface area contributed by atoms with Crippen LogP contribution in [-0.4, -0.2) is 27.4 Å². The van der Waals surface area contributed by atoms with Gasteiger partial charge in [-0.15, -0.1) is 0 Å². The monoisotopic (exact) mass is 430 g/mol. The summed E-state index contributed by atoms with van der Waals surface area (Å²) in [4.78, 5) is 23.7. The molecule has 0 bridgehead atoms. The normalized spacial score (nSPS) is 13.0. The van der Waals surface area contributed by atoms with Gasteiger partial charge in [0.1, 0.15) is 5.75 Å². The predicted octanol–water partition coefficient (Wildman–Crippen LogP) is 5.67. The number of ether oxygens (including phenoxy) is 1. The van der Waals surface area contributed by atoms with Crippen molar-refractivity contribution in [2.45, 2.75) is 13.0 Å². The molecule has 31 heavy (non-hydrogen) atoms. The zero-order valence-electron chi connectivity index (χ0n) is 16.6. The predicted molar refractivity (Wildman–Crippen MR) is 121 cm³/mol. The van der Waals surface area contributed by atoms with Gasteiger partial charge in [0, 0.05) is 36.8 Å². The third-order valence-corrected chi connectivity index (χ3v) is 5.38. The Morgan fingerprint density at radius 2 is 1.87 bits per heavy atom. The van der Waals surface area contributed by atoms with Crippen molar-refractivity contribution in [3.63, 3.8) is 0 Å². The molecule has 1 aliphatic heterocycles. The first kappa shape index (κ1) is 19.3. The molecule has 5 rings (SSSR count). The zero-order valence-corrected chi connectivity index (χ0v) is 17.3. The van der Waals surface area contributed by atoms with E-state index in [9.17, 15) is 4.79 Å². The van der Waals surface area contributed by atoms with Crippen molar-refractivity contribution in [1.29, 1.82) is 0 Å². The van der Waals surface area contributed by atoms with Gasteiger partial charge >= 0.3 is 6.03 Å². The summed E-state index contributed by atoms with van der Waals surface area (Å²) in [5.41, 5.74) is 3.27. The average Bonchev–Trinajstić information content (AvgIpc) is 2.79. The molecule has 1 N–H and O–H groups in total. The first-order valence-corrected chi connectivity index (χ1v) is 10.4. The van der Waals surface area contributed by atoms with Gasteiger partial charge in [-0.2, -0.15) is 0 Å². The Bertz CT molecular complexity index is 1260. The number of aromatic nitrogens is 2. The summed E-state index contributed by atoms with van der Waals surface area (Å²) in [7, 11) is 0. The molecule has 2 aromatic heterocycles. The molecule has 0 saturated carbocycles. The lowest BCUT2D eigenvalue weighted by Crippen LogP contribution is -2.39. The molecule has 0 aliphatic carbocycles. The highest BCUT2D eigenvalue weighted by molar-refractivity contribution is 6.31. The number of anilines is 1. The van der Waals surface area contributed by atoms with Crippen LogP contribution in [0.25, 0.3) is 11.0 Å². The number of pyridine rings is 2. The number of benzene rings is 2. The number of nitrogens with one attached hydrogen (secondary N) is 1. The Morgan fingerprint density at radius 1 is 1.06 bits per heavy atom. The average molecular weight is 431 g/mol. The van der Waals surface area contributed by atoms with Crippen molar-refractivity contribution in [2.75, 3.05) is 11.9 Å². The van der Waals surface area contributed by atoms with Crippen molar-refractivity contribution >= 4 is 34.4 Å². The SMILES string of the molecule is O=C(Nc1ccccc1Oc1ccccc1)N1CCc2nc3ncc(Cl)cc3cc2C1. The minimum Gasteiger partial charge on any atom is -0.455 e. The van der Waals surface area contributed by atoms with Gasteiger partial charge in [-0.25, -0.2) is 14.8 Å². The largest absolute Gasteiger partial charge is 0.455 e. The molecule has 0 unspecified atom stereocenters. The van der Waals surface area contributed by atoms with Gasteiger partial charge in [0.25, 0.3) is 0 Å². The van der Waals surface area contributed by atoms with E-state index in [1.165, 1.54) is 0 Å². The highest BCUT2D eigenvalue weighted by Gasteiger charge is 2.23. The molecule has 3 heterocycles. The van der Waals surface area contributed by atoms with Crippen molar-refractivity contribution in [3.8, 4) is 11.5 Å². The van der Waals surface area contributed by atoms with E-state index >= 15 is 0 Å². The van der Waals surface area contributed by atoms with E-state index in [4.69, 9.17) is 16.3 Å². The molecule has 6 nitrogen and oxygen atoms in total. The fourth-order valence-electron chi connectivity index (χ4n) is 3.64. The van der Waals surface area contributed by atoms with Gasteiger partial charge in [-0.05, 0) is 42.0 Å². The number of nitrogens with zero attached hydrogens (tertiary/aromatic N) is 3. The summed E-state index contributed by atoms with van der Waals surface area (Å²) in [5.74, 6) is 1.30. The van der Waals surface area contributed by atoms with E-state index in [1.807, 2.05) is 66.7 Å². The van der Waals surface area contributed by atoms with E-state index in [1.54, 1.807) is 11.1 Å². The maximum absolute atomic E-state index is 13.0. The fourth-order valence-corrected chi connectivity index (χ4v) is 3.81. The summed E-state index contributed by atoms with van der Waals surface area (Å²) in [6, 6.07) is 20.6. The number of carbonyl (C=O) groups is 1. The van der Waals surface area contributed by atoms with E-state index in [-0.39, 0.29) is 6.03 Å². The first-order valence-electron chi connectivity index (χ1n) is 9.97. The molecule has 7 heteroatoms. The van der Waals surface area contributed by atoms with Crippen LogP contribution in [0.3, 0.4) is 0 Å². The van der Waals surface area contributed by atoms with Crippen LogP contribution < -0.4 is 10.1 Å². The van der Waals surface area contributed by atoms with Gasteiger partial charge in [0.2, 0.25) is 0 Å². The molecule has 4 aromatic rings. The fraction of sp³-hybridized carbons (Fsp3) is 0.125. The van der Waals surface area contributed by atoms with Gasteiger partial charge in [-0.1, -0.05) is 41.9 Å². The van der Waals surface area contributed by atoms with E-state index < -0.39 is 0 Å². The Morgan fingerprint density at radius 3 is 2.74 bits per heavy atom. The van der Waals surface area contributed by atoms with Crippen LogP contribution in [0.2, 0.25) is 5.02 Å². The summed E-state index contributed by atoms with van der Waals surface area (Å²) in [6.45, 7) is 1.05. The van der Waals surface area contributed by atoms with Gasteiger partial charge < -0.3 is 15.0 Å². The number of hydrogen-bond donors (Lipinski definition) is 1. The number of hydrogen-bond acceptors (Lipinski definition) is 4. The summed E-state index contributed by atoms with van der Waals surface area (Å²) in [6.07, 6.45) is 2.27. The Kier molecular flexibility index (Phi) is 5.14. The molecule has 0 spiro atoms. The van der Waals surface area contributed by atoms with Crippen LogP contribution >= 0.6 is 11.6 Å². The quantitative estimate of drug-likeness (QED) is 0.455. The molecule has 1 aliphatic rings. The van der Waals surface area contributed by atoms with Crippen LogP contribution in [0.15, 0.2) is 72.9 Å². The third-order valence-electron chi connectivity index (χ3n) is 5.17. The van der Waals surface area contributed by atoms with E-state index in [2.05, 4.69) is 15.3 Å². The molecule has 0 saturated heterocycles. The van der Waals surface area contributed by atoms with Crippen molar-refractivity contribution < 1.29 is 9.53 Å².